The number of halogens is 1. The molecule has 0 saturated carbocycles. The van der Waals surface area contributed by atoms with Crippen molar-refractivity contribution < 1.29 is 4.74 Å². The van der Waals surface area contributed by atoms with Gasteiger partial charge in [-0.3, -0.25) is 0 Å². The van der Waals surface area contributed by atoms with E-state index >= 15 is 0 Å². The highest BCUT2D eigenvalue weighted by Crippen LogP contribution is 2.19. The minimum absolute atomic E-state index is 0. The first-order valence-corrected chi connectivity index (χ1v) is 10.4. The summed E-state index contributed by atoms with van der Waals surface area (Å²) in [5.41, 5.74) is 1.09. The van der Waals surface area contributed by atoms with Crippen LogP contribution in [0.2, 0.25) is 0 Å². The van der Waals surface area contributed by atoms with E-state index in [0.717, 1.165) is 23.8 Å². The Morgan fingerprint density at radius 1 is 1.29 bits per heavy atom. The maximum Gasteiger partial charge on any atom is 0.191 e. The van der Waals surface area contributed by atoms with Gasteiger partial charge in [-0.25, -0.2) is 4.99 Å². The van der Waals surface area contributed by atoms with Crippen molar-refractivity contribution >= 4 is 29.9 Å². The molecule has 2 rings (SSSR count). The molecule has 1 aromatic carbocycles. The van der Waals surface area contributed by atoms with Gasteiger partial charge in [0.05, 0.1) is 6.54 Å². The maximum absolute atomic E-state index is 5.74. The van der Waals surface area contributed by atoms with Gasteiger partial charge < -0.3 is 20.3 Å². The predicted octanol–water partition coefficient (Wildman–Crippen LogP) is 4.19. The van der Waals surface area contributed by atoms with Crippen molar-refractivity contribution in [3.05, 3.63) is 42.5 Å². The molecule has 1 saturated heterocycles. The molecule has 1 aromatic rings. The molecule has 0 spiro atoms. The highest BCUT2D eigenvalue weighted by Gasteiger charge is 2.19. The molecule has 0 amide bonds. The Morgan fingerprint density at radius 2 is 2.04 bits per heavy atom. The summed E-state index contributed by atoms with van der Waals surface area (Å²) in [7, 11) is 0. The Bertz CT molecular complexity index is 586. The Morgan fingerprint density at radius 3 is 2.71 bits per heavy atom. The molecule has 28 heavy (non-hydrogen) atoms. The van der Waals surface area contributed by atoms with E-state index in [9.17, 15) is 0 Å². The van der Waals surface area contributed by atoms with E-state index in [1.54, 1.807) is 6.08 Å². The summed E-state index contributed by atoms with van der Waals surface area (Å²) in [4.78, 5) is 7.37. The summed E-state index contributed by atoms with van der Waals surface area (Å²) in [6, 6.07) is 8.56. The molecule has 1 aliphatic rings. The normalized spacial score (nSPS) is 15.6. The van der Waals surface area contributed by atoms with Gasteiger partial charge in [0, 0.05) is 31.2 Å². The van der Waals surface area contributed by atoms with E-state index in [1.807, 2.05) is 18.2 Å². The Hall–Kier alpha value is -1.28. The summed E-state index contributed by atoms with van der Waals surface area (Å²) in [5.74, 6) is 1.77. The van der Waals surface area contributed by atoms with Gasteiger partial charge in [0.2, 0.25) is 0 Å². The highest BCUT2D eigenvalue weighted by atomic mass is 127. The quantitative estimate of drug-likeness (QED) is 0.219. The third-order valence-corrected chi connectivity index (χ3v) is 4.84. The van der Waals surface area contributed by atoms with E-state index in [2.05, 4.69) is 42.0 Å². The van der Waals surface area contributed by atoms with Crippen molar-refractivity contribution in [2.24, 2.45) is 4.99 Å². The number of unbranched alkanes of at least 4 members (excludes halogenated alkanes) is 1. The number of hydrogen-bond acceptors (Lipinski definition) is 3. The number of nitrogens with one attached hydrogen (secondary N) is 2. The summed E-state index contributed by atoms with van der Waals surface area (Å²) in [5, 5.41) is 7.00. The minimum atomic E-state index is 0. The van der Waals surface area contributed by atoms with Crippen LogP contribution in [0.3, 0.4) is 0 Å². The minimum Gasteiger partial charge on any atom is -0.489 e. The maximum atomic E-state index is 5.74. The van der Waals surface area contributed by atoms with Gasteiger partial charge in [-0.1, -0.05) is 44.2 Å². The average molecular weight is 500 g/mol. The Labute approximate surface area is 188 Å². The fourth-order valence-corrected chi connectivity index (χ4v) is 3.28. The molecule has 0 radical (unpaired) electrons. The van der Waals surface area contributed by atoms with Gasteiger partial charge >= 0.3 is 0 Å². The first-order valence-electron chi connectivity index (χ1n) is 10.4. The fraction of sp³-hybridized carbons (Fsp3) is 0.591. The topological polar surface area (TPSA) is 48.9 Å². The third-order valence-electron chi connectivity index (χ3n) is 4.84. The average Bonchev–Trinajstić information content (AvgIpc) is 2.70. The molecular formula is C22H37IN4O. The summed E-state index contributed by atoms with van der Waals surface area (Å²) in [6.45, 7) is 13.6. The van der Waals surface area contributed by atoms with Gasteiger partial charge in [-0.2, -0.15) is 0 Å². The number of hydrogen-bond donors (Lipinski definition) is 2. The van der Waals surface area contributed by atoms with Crippen molar-refractivity contribution in [1.82, 2.24) is 15.5 Å². The van der Waals surface area contributed by atoms with Crippen molar-refractivity contribution in [3.63, 3.8) is 0 Å². The number of ether oxygens (including phenoxy) is 1. The zero-order valence-electron chi connectivity index (χ0n) is 17.5. The van der Waals surface area contributed by atoms with E-state index in [0.29, 0.717) is 19.2 Å². The molecule has 1 fully saturated rings. The summed E-state index contributed by atoms with van der Waals surface area (Å²) in [6.07, 6.45) is 6.68. The summed E-state index contributed by atoms with van der Waals surface area (Å²) >= 11 is 0. The van der Waals surface area contributed by atoms with Gasteiger partial charge in [0.15, 0.2) is 5.96 Å². The molecule has 2 N–H and O–H groups in total. The number of rotatable bonds is 10. The lowest BCUT2D eigenvalue weighted by molar-refractivity contribution is 0.203. The number of aliphatic imine (C=N–C) groups is 1. The van der Waals surface area contributed by atoms with E-state index in [1.165, 1.54) is 45.3 Å². The van der Waals surface area contributed by atoms with Crippen molar-refractivity contribution in [1.29, 1.82) is 0 Å². The van der Waals surface area contributed by atoms with Crippen molar-refractivity contribution in [2.75, 3.05) is 32.8 Å². The predicted molar refractivity (Wildman–Crippen MR) is 130 cm³/mol. The molecule has 0 aliphatic carbocycles. The Kier molecular flexibility index (Phi) is 13.0. The largest absolute Gasteiger partial charge is 0.489 e. The molecule has 158 valence electrons. The summed E-state index contributed by atoms with van der Waals surface area (Å²) < 4.78 is 5.74. The van der Waals surface area contributed by atoms with Gasteiger partial charge in [0.1, 0.15) is 12.4 Å². The monoisotopic (exact) mass is 500 g/mol. The van der Waals surface area contributed by atoms with Crippen LogP contribution in [0.15, 0.2) is 41.9 Å². The second-order valence-corrected chi connectivity index (χ2v) is 7.02. The molecule has 0 unspecified atom stereocenters. The first-order chi connectivity index (χ1) is 13.3. The molecule has 6 heteroatoms. The van der Waals surface area contributed by atoms with Gasteiger partial charge in [-0.15, -0.1) is 24.0 Å². The van der Waals surface area contributed by atoms with Crippen LogP contribution in [-0.4, -0.2) is 49.7 Å². The zero-order valence-corrected chi connectivity index (χ0v) is 19.8. The fourth-order valence-electron chi connectivity index (χ4n) is 3.28. The van der Waals surface area contributed by atoms with Crippen molar-refractivity contribution in [3.8, 4) is 5.75 Å². The molecule has 5 nitrogen and oxygen atoms in total. The lowest BCUT2D eigenvalue weighted by atomic mass is 10.0. The first kappa shape index (κ1) is 24.8. The number of likely N-dealkylation sites (tertiary alicyclic amines) is 1. The number of nitrogens with zero attached hydrogens (tertiary/aromatic N) is 2. The molecule has 0 bridgehead atoms. The van der Waals surface area contributed by atoms with Crippen LogP contribution < -0.4 is 15.4 Å². The van der Waals surface area contributed by atoms with Crippen LogP contribution in [0.1, 0.15) is 45.1 Å². The highest BCUT2D eigenvalue weighted by molar-refractivity contribution is 14.0. The lowest BCUT2D eigenvalue weighted by Crippen LogP contribution is -2.48. The lowest BCUT2D eigenvalue weighted by Gasteiger charge is -2.33. The molecule has 0 atom stereocenters. The zero-order chi connectivity index (χ0) is 19.3. The second kappa shape index (κ2) is 14.7. The molecule has 0 aromatic heterocycles. The standard InChI is InChI=1S/C22H36N4O.HI/c1-4-7-14-26-15-12-20(13-16-26)25-22(23-6-3)24-18-19-10-8-9-11-21(19)27-17-5-2;/h5,8-11,20H,2,4,6-7,12-18H2,1,3H3,(H2,23,24,25);1H. The second-order valence-electron chi connectivity index (χ2n) is 7.02. The van der Waals surface area contributed by atoms with Crippen molar-refractivity contribution in [2.45, 2.75) is 52.1 Å². The Balaban J connectivity index is 0.00000392. The number of guanidine groups is 1. The van der Waals surface area contributed by atoms with Crippen LogP contribution in [0.5, 0.6) is 5.75 Å². The van der Waals surface area contributed by atoms with E-state index < -0.39 is 0 Å². The molecule has 1 aliphatic heterocycles. The van der Waals surface area contributed by atoms with Gasteiger partial charge in [-0.05, 0) is 38.8 Å². The molecular weight excluding hydrogens is 463 g/mol. The van der Waals surface area contributed by atoms with E-state index in [4.69, 9.17) is 9.73 Å². The third kappa shape index (κ3) is 8.82. The number of benzene rings is 1. The smallest absolute Gasteiger partial charge is 0.191 e. The molecule has 1 heterocycles. The van der Waals surface area contributed by atoms with Gasteiger partial charge in [0.25, 0.3) is 0 Å². The van der Waals surface area contributed by atoms with Crippen LogP contribution in [-0.2, 0) is 6.54 Å². The van der Waals surface area contributed by atoms with Crippen LogP contribution in [0.4, 0.5) is 0 Å². The van der Waals surface area contributed by atoms with Crippen LogP contribution in [0, 0.1) is 0 Å². The van der Waals surface area contributed by atoms with Crippen LogP contribution in [0.25, 0.3) is 0 Å². The SMILES string of the molecule is C=CCOc1ccccc1CN=C(NCC)NC1CCN(CCCC)CC1.I. The number of para-hydroxylation sites is 1. The number of piperidine rings is 1. The van der Waals surface area contributed by atoms with E-state index in [-0.39, 0.29) is 24.0 Å². The van der Waals surface area contributed by atoms with Crippen LogP contribution >= 0.6 is 24.0 Å².